The number of nitrogens with zero attached hydrogens (tertiary/aromatic N) is 1. The summed E-state index contributed by atoms with van der Waals surface area (Å²) in [6.45, 7) is 1.38. The van der Waals surface area contributed by atoms with Crippen molar-refractivity contribution in [3.63, 3.8) is 0 Å². The third kappa shape index (κ3) is 2.06. The summed E-state index contributed by atoms with van der Waals surface area (Å²) >= 11 is 0. The molecule has 0 aromatic heterocycles. The fourth-order valence-corrected chi connectivity index (χ4v) is 2.41. The Morgan fingerprint density at radius 1 is 1.53 bits per heavy atom. The highest BCUT2D eigenvalue weighted by molar-refractivity contribution is 5.77. The van der Waals surface area contributed by atoms with Gasteiger partial charge in [-0.2, -0.15) is 0 Å². The van der Waals surface area contributed by atoms with Gasteiger partial charge in [0.25, 0.3) is 0 Å². The fraction of sp³-hybridized carbons (Fsp3) is 0.800. The second kappa shape index (κ2) is 4.08. The van der Waals surface area contributed by atoms with Crippen molar-refractivity contribution in [3.05, 3.63) is 0 Å². The molecule has 2 aliphatic heterocycles. The van der Waals surface area contributed by atoms with Crippen molar-refractivity contribution in [2.45, 2.75) is 25.3 Å². The van der Waals surface area contributed by atoms with Crippen LogP contribution in [0.4, 0.5) is 4.79 Å². The summed E-state index contributed by atoms with van der Waals surface area (Å²) < 4.78 is 4.69. The van der Waals surface area contributed by atoms with Gasteiger partial charge in [-0.15, -0.1) is 0 Å². The summed E-state index contributed by atoms with van der Waals surface area (Å²) in [5.74, 6) is 0.540. The molecule has 2 unspecified atom stereocenters. The molecule has 2 aliphatic rings. The number of carbonyl (C=O) groups excluding carboxylic acids is 2. The smallest absolute Gasteiger partial charge is 0.409 e. The molecule has 0 spiro atoms. The lowest BCUT2D eigenvalue weighted by molar-refractivity contribution is -0.125. The van der Waals surface area contributed by atoms with Gasteiger partial charge in [0, 0.05) is 25.6 Å². The van der Waals surface area contributed by atoms with Crippen LogP contribution in [0.2, 0.25) is 0 Å². The third-order valence-electron chi connectivity index (χ3n) is 3.26. The topological polar surface area (TPSA) is 58.6 Å². The predicted molar refractivity (Wildman–Crippen MR) is 53.2 cm³/mol. The lowest BCUT2D eigenvalue weighted by Crippen LogP contribution is -2.55. The molecule has 1 N–H and O–H groups in total. The summed E-state index contributed by atoms with van der Waals surface area (Å²) in [6.07, 6.45) is 2.04. The number of fused-ring (bicyclic) bond motifs is 1. The largest absolute Gasteiger partial charge is 0.453 e. The molecule has 0 aromatic rings. The van der Waals surface area contributed by atoms with E-state index in [1.54, 1.807) is 4.90 Å². The first-order valence-electron chi connectivity index (χ1n) is 5.33. The maximum atomic E-state index is 11.3. The van der Waals surface area contributed by atoms with Crippen molar-refractivity contribution < 1.29 is 14.3 Å². The second-order valence-corrected chi connectivity index (χ2v) is 4.18. The molecule has 5 heteroatoms. The van der Waals surface area contributed by atoms with Crippen LogP contribution in [0.15, 0.2) is 0 Å². The summed E-state index contributed by atoms with van der Waals surface area (Å²) in [7, 11) is 1.40. The summed E-state index contributed by atoms with van der Waals surface area (Å²) in [6, 6.07) is 0.257. The molecule has 2 heterocycles. The molecule has 0 saturated carbocycles. The zero-order valence-electron chi connectivity index (χ0n) is 8.86. The quantitative estimate of drug-likeness (QED) is 0.630. The first-order valence-corrected chi connectivity index (χ1v) is 5.33. The molecule has 2 saturated heterocycles. The van der Waals surface area contributed by atoms with Crippen LogP contribution in [0.25, 0.3) is 0 Å². The lowest BCUT2D eigenvalue weighted by atomic mass is 9.85. The van der Waals surface area contributed by atoms with E-state index in [0.29, 0.717) is 25.4 Å². The molecule has 2 atom stereocenters. The fourth-order valence-electron chi connectivity index (χ4n) is 2.41. The summed E-state index contributed by atoms with van der Waals surface area (Å²) in [4.78, 5) is 24.2. The molecule has 5 nitrogen and oxygen atoms in total. The van der Waals surface area contributed by atoms with Gasteiger partial charge in [-0.25, -0.2) is 4.79 Å². The minimum Gasteiger partial charge on any atom is -0.453 e. The van der Waals surface area contributed by atoms with Crippen molar-refractivity contribution >= 4 is 12.0 Å². The van der Waals surface area contributed by atoms with Crippen molar-refractivity contribution in [1.82, 2.24) is 10.2 Å². The number of piperidine rings is 2. The van der Waals surface area contributed by atoms with E-state index in [0.717, 1.165) is 12.8 Å². The molecule has 0 aromatic carbocycles. The number of ether oxygens (including phenoxy) is 1. The molecule has 2 fully saturated rings. The zero-order chi connectivity index (χ0) is 10.8. The standard InChI is InChI=1S/C10H16N2O3/c1-15-10(14)12-5-4-8-7(6-12)2-3-9(13)11-8/h7-8H,2-6H2,1H3,(H,11,13). The van der Waals surface area contributed by atoms with Gasteiger partial charge in [0.2, 0.25) is 5.91 Å². The van der Waals surface area contributed by atoms with Crippen molar-refractivity contribution in [1.29, 1.82) is 0 Å². The van der Waals surface area contributed by atoms with Gasteiger partial charge in [-0.3, -0.25) is 4.79 Å². The molecular formula is C10H16N2O3. The van der Waals surface area contributed by atoms with Crippen molar-refractivity contribution in [3.8, 4) is 0 Å². The highest BCUT2D eigenvalue weighted by Crippen LogP contribution is 2.25. The Hall–Kier alpha value is -1.26. The lowest BCUT2D eigenvalue weighted by Gasteiger charge is -2.40. The minimum absolute atomic E-state index is 0.141. The number of methoxy groups -OCH3 is 1. The van der Waals surface area contributed by atoms with E-state index in [4.69, 9.17) is 4.74 Å². The highest BCUT2D eigenvalue weighted by atomic mass is 16.5. The number of amides is 2. The van der Waals surface area contributed by atoms with Crippen LogP contribution in [-0.4, -0.2) is 43.1 Å². The number of nitrogens with one attached hydrogen (secondary N) is 1. The molecule has 15 heavy (non-hydrogen) atoms. The normalized spacial score (nSPS) is 30.5. The van der Waals surface area contributed by atoms with E-state index < -0.39 is 0 Å². The maximum Gasteiger partial charge on any atom is 0.409 e. The Labute approximate surface area is 88.8 Å². The number of hydrogen-bond acceptors (Lipinski definition) is 3. The molecule has 84 valence electrons. The van der Waals surface area contributed by atoms with Gasteiger partial charge in [0.05, 0.1) is 7.11 Å². The van der Waals surface area contributed by atoms with Crippen LogP contribution in [-0.2, 0) is 9.53 Å². The predicted octanol–water partition coefficient (Wildman–Crippen LogP) is 0.353. The molecule has 0 aliphatic carbocycles. The number of hydrogen-bond donors (Lipinski definition) is 1. The number of likely N-dealkylation sites (tertiary alicyclic amines) is 1. The van der Waals surface area contributed by atoms with E-state index in [9.17, 15) is 9.59 Å². The number of carbonyl (C=O) groups is 2. The molecule has 0 radical (unpaired) electrons. The average molecular weight is 212 g/mol. The molecule has 2 rings (SSSR count). The van der Waals surface area contributed by atoms with Crippen LogP contribution < -0.4 is 5.32 Å². The summed E-state index contributed by atoms with van der Waals surface area (Å²) in [5.41, 5.74) is 0. The SMILES string of the molecule is COC(=O)N1CCC2NC(=O)CCC2C1. The highest BCUT2D eigenvalue weighted by Gasteiger charge is 2.35. The zero-order valence-corrected chi connectivity index (χ0v) is 8.86. The van der Waals surface area contributed by atoms with Crippen LogP contribution in [0.1, 0.15) is 19.3 Å². The average Bonchev–Trinajstić information content (AvgIpc) is 2.27. The Morgan fingerprint density at radius 2 is 2.33 bits per heavy atom. The van der Waals surface area contributed by atoms with Gasteiger partial charge >= 0.3 is 6.09 Å². The van der Waals surface area contributed by atoms with Gasteiger partial charge in [-0.1, -0.05) is 0 Å². The number of rotatable bonds is 0. The van der Waals surface area contributed by atoms with Gasteiger partial charge in [-0.05, 0) is 18.8 Å². The van der Waals surface area contributed by atoms with Gasteiger partial charge in [0.1, 0.15) is 0 Å². The second-order valence-electron chi connectivity index (χ2n) is 4.18. The Kier molecular flexibility index (Phi) is 2.79. The van der Waals surface area contributed by atoms with Crippen molar-refractivity contribution in [2.75, 3.05) is 20.2 Å². The Balaban J connectivity index is 1.95. The van der Waals surface area contributed by atoms with Crippen LogP contribution in [0.5, 0.6) is 0 Å². The Bertz CT molecular complexity index is 280. The Morgan fingerprint density at radius 3 is 3.07 bits per heavy atom. The van der Waals surface area contributed by atoms with Gasteiger partial charge in [0.15, 0.2) is 0 Å². The van der Waals surface area contributed by atoms with E-state index in [1.807, 2.05) is 0 Å². The van der Waals surface area contributed by atoms with Crippen LogP contribution >= 0.6 is 0 Å². The van der Waals surface area contributed by atoms with Crippen LogP contribution in [0, 0.1) is 5.92 Å². The molecular weight excluding hydrogens is 196 g/mol. The monoisotopic (exact) mass is 212 g/mol. The first kappa shape index (κ1) is 10.3. The summed E-state index contributed by atoms with van der Waals surface area (Å²) in [5, 5.41) is 2.98. The maximum absolute atomic E-state index is 11.3. The first-order chi connectivity index (χ1) is 7.20. The van der Waals surface area contributed by atoms with E-state index in [2.05, 4.69) is 5.32 Å². The van der Waals surface area contributed by atoms with Gasteiger partial charge < -0.3 is 15.0 Å². The minimum atomic E-state index is -0.259. The van der Waals surface area contributed by atoms with E-state index in [-0.39, 0.29) is 18.0 Å². The molecule has 2 amide bonds. The van der Waals surface area contributed by atoms with Crippen LogP contribution in [0.3, 0.4) is 0 Å². The van der Waals surface area contributed by atoms with E-state index >= 15 is 0 Å². The third-order valence-corrected chi connectivity index (χ3v) is 3.26. The van der Waals surface area contributed by atoms with Crippen molar-refractivity contribution in [2.24, 2.45) is 5.92 Å². The van der Waals surface area contributed by atoms with E-state index in [1.165, 1.54) is 7.11 Å². The molecule has 0 bridgehead atoms.